The summed E-state index contributed by atoms with van der Waals surface area (Å²) in [5.74, 6) is -0.508. The fourth-order valence-electron chi connectivity index (χ4n) is 3.01. The van der Waals surface area contributed by atoms with Gasteiger partial charge in [0.2, 0.25) is 0 Å². The van der Waals surface area contributed by atoms with Crippen molar-refractivity contribution >= 4 is 65.2 Å². The molecule has 1 atom stereocenters. The van der Waals surface area contributed by atoms with E-state index in [1.54, 1.807) is 0 Å². The van der Waals surface area contributed by atoms with Crippen LogP contribution >= 0.6 is 7.82 Å². The third kappa shape index (κ3) is 41.4. The van der Waals surface area contributed by atoms with Gasteiger partial charge in [-0.3, -0.25) is 0 Å². The molecule has 0 aromatic carbocycles. The van der Waals surface area contributed by atoms with Crippen LogP contribution in [0.3, 0.4) is 0 Å². The molecule has 0 heterocycles. The number of carbonyl (C=O) groups is 1. The summed E-state index contributed by atoms with van der Waals surface area (Å²) in [6.07, 6.45) is 17.7. The van der Waals surface area contributed by atoms with Gasteiger partial charge in [-0.2, -0.15) is 0 Å². The van der Waals surface area contributed by atoms with E-state index in [0.29, 0.717) is 12.5 Å². The van der Waals surface area contributed by atoms with E-state index in [2.05, 4.69) is 20.8 Å². The van der Waals surface area contributed by atoms with Crippen LogP contribution in [-0.4, -0.2) is 96.6 Å². The molecule has 190 valence electrons. The molecule has 0 aliphatic rings. The van der Waals surface area contributed by atoms with Crippen molar-refractivity contribution in [1.29, 1.82) is 0 Å². The van der Waals surface area contributed by atoms with Crippen molar-refractivity contribution < 1.29 is 38.6 Å². The topological polar surface area (TPSA) is 134 Å². The van der Waals surface area contributed by atoms with Gasteiger partial charge in [-0.25, -0.2) is 9.36 Å². The summed E-state index contributed by atoms with van der Waals surface area (Å²) >= 11 is 0. The van der Waals surface area contributed by atoms with E-state index in [4.69, 9.17) is 33.8 Å². The second-order valence-electron chi connectivity index (χ2n) is 8.41. The third-order valence-corrected chi connectivity index (χ3v) is 4.55. The molecular weight excluding hydrogens is 462 g/mol. The molecule has 0 aromatic rings. The molecule has 0 saturated carbocycles. The quantitative estimate of drug-likeness (QED) is 0.0779. The molecule has 0 aliphatic heterocycles. The monoisotopic (exact) mass is 510 g/mol. The van der Waals surface area contributed by atoms with Crippen molar-refractivity contribution in [3.8, 4) is 0 Å². The molecule has 10 heteroatoms. The molecule has 32 heavy (non-hydrogen) atoms. The summed E-state index contributed by atoms with van der Waals surface area (Å²) in [5.41, 5.74) is 0. The van der Waals surface area contributed by atoms with Gasteiger partial charge in [-0.15, -0.1) is 0 Å². The summed E-state index contributed by atoms with van der Waals surface area (Å²) in [5, 5.41) is 8.74. The second kappa shape index (κ2) is 26.7. The van der Waals surface area contributed by atoms with Crippen molar-refractivity contribution in [3.05, 3.63) is 0 Å². The summed E-state index contributed by atoms with van der Waals surface area (Å²) in [6, 6.07) is 0. The van der Waals surface area contributed by atoms with E-state index < -0.39 is 13.8 Å². The molecule has 0 saturated heterocycles. The van der Waals surface area contributed by atoms with Gasteiger partial charge in [-0.05, 0) is 18.8 Å². The summed E-state index contributed by atoms with van der Waals surface area (Å²) in [6.45, 7) is 6.77. The molecule has 0 rings (SSSR count). The average Bonchev–Trinajstić information content (AvgIpc) is 2.65. The number of hydrogen-bond donors (Lipinski definition) is 4. The van der Waals surface area contributed by atoms with Crippen LogP contribution in [0, 0.1) is 5.92 Å². The molecule has 0 radical (unpaired) electrons. The number of hydrogen-bond acceptors (Lipinski definition) is 4. The van der Waals surface area contributed by atoms with Crippen LogP contribution in [0.25, 0.3) is 0 Å². The SMILES string of the molecule is CCCCCCCCCCCCCCCC(OCC(=O)O)OCC(C)C.O=P(O)(O)O.[KH]. The summed E-state index contributed by atoms with van der Waals surface area (Å²) in [4.78, 5) is 32.2. The number of ether oxygens (including phenoxy) is 2. The van der Waals surface area contributed by atoms with E-state index in [-0.39, 0.29) is 64.3 Å². The van der Waals surface area contributed by atoms with Gasteiger partial charge in [0.05, 0.1) is 6.61 Å². The van der Waals surface area contributed by atoms with Crippen molar-refractivity contribution in [2.75, 3.05) is 13.2 Å². The first-order valence-electron chi connectivity index (χ1n) is 11.8. The Balaban J connectivity index is -0.00000125. The molecule has 8 nitrogen and oxygen atoms in total. The molecular formula is C22H48KO8P. The summed E-state index contributed by atoms with van der Waals surface area (Å²) < 4.78 is 19.9. The van der Waals surface area contributed by atoms with Crippen LogP contribution < -0.4 is 0 Å². The van der Waals surface area contributed by atoms with Crippen molar-refractivity contribution in [2.24, 2.45) is 5.92 Å². The third-order valence-electron chi connectivity index (χ3n) is 4.55. The van der Waals surface area contributed by atoms with Crippen LogP contribution in [0.15, 0.2) is 0 Å². The Kier molecular flexibility index (Phi) is 31.5. The first-order valence-corrected chi connectivity index (χ1v) is 13.4. The van der Waals surface area contributed by atoms with Crippen LogP contribution in [0.1, 0.15) is 111 Å². The molecule has 0 aromatic heterocycles. The van der Waals surface area contributed by atoms with Crippen LogP contribution in [0.5, 0.6) is 0 Å². The van der Waals surface area contributed by atoms with E-state index in [9.17, 15) is 4.79 Å². The van der Waals surface area contributed by atoms with Crippen molar-refractivity contribution in [1.82, 2.24) is 0 Å². The molecule has 0 spiro atoms. The number of unbranched alkanes of at least 4 members (excludes halogenated alkanes) is 12. The summed E-state index contributed by atoms with van der Waals surface area (Å²) in [7, 11) is -4.64. The maximum absolute atomic E-state index is 10.7. The van der Waals surface area contributed by atoms with Gasteiger partial charge in [0.15, 0.2) is 6.29 Å². The van der Waals surface area contributed by atoms with Gasteiger partial charge in [0.25, 0.3) is 0 Å². The van der Waals surface area contributed by atoms with Gasteiger partial charge >= 0.3 is 65.2 Å². The number of rotatable bonds is 20. The van der Waals surface area contributed by atoms with E-state index in [0.717, 1.165) is 12.8 Å². The molecule has 1 unspecified atom stereocenters. The minimum absolute atomic E-state index is 0. The van der Waals surface area contributed by atoms with Crippen LogP contribution in [0.4, 0.5) is 0 Å². The fourth-order valence-corrected chi connectivity index (χ4v) is 3.01. The molecule has 0 amide bonds. The minimum atomic E-state index is -4.64. The molecule has 0 bridgehead atoms. The molecule has 0 fully saturated rings. The van der Waals surface area contributed by atoms with Gasteiger partial charge in [0.1, 0.15) is 6.61 Å². The maximum atomic E-state index is 10.7. The van der Waals surface area contributed by atoms with E-state index >= 15 is 0 Å². The Labute approximate surface area is 237 Å². The predicted molar refractivity (Wildman–Crippen MR) is 130 cm³/mol. The average molecular weight is 511 g/mol. The van der Waals surface area contributed by atoms with Gasteiger partial charge in [0, 0.05) is 0 Å². The number of carboxylic acids is 1. The number of aliphatic carboxylic acids is 1. The zero-order valence-corrected chi connectivity index (χ0v) is 20.7. The second-order valence-corrected chi connectivity index (χ2v) is 9.43. The normalized spacial score (nSPS) is 12.1. The van der Waals surface area contributed by atoms with Gasteiger partial charge in [-0.1, -0.05) is 97.8 Å². The number of phosphoric acid groups is 1. The Morgan fingerprint density at radius 3 is 1.50 bits per heavy atom. The van der Waals surface area contributed by atoms with E-state index in [1.165, 1.54) is 77.0 Å². The first kappa shape index (κ1) is 37.7. The predicted octanol–water partition coefficient (Wildman–Crippen LogP) is 4.99. The Bertz CT molecular complexity index is 437. The zero-order valence-electron chi connectivity index (χ0n) is 19.8. The van der Waals surface area contributed by atoms with Crippen LogP contribution in [-0.2, 0) is 18.8 Å². The fraction of sp³-hybridized carbons (Fsp3) is 0.955. The standard InChI is InChI=1S/C22H44O4.K.H3O4P.H/c1-4-5-6-7-8-9-10-11-12-13-14-15-16-17-22(25-18-20(2)3)26-19-21(23)24;;1-5(2,3)4;/h20,22H,4-19H2,1-3H3,(H,23,24);;(H3,1,2,3,4);. The Morgan fingerprint density at radius 2 is 1.16 bits per heavy atom. The van der Waals surface area contributed by atoms with Crippen molar-refractivity contribution in [3.63, 3.8) is 0 Å². The Hall–Kier alpha value is 1.14. The first-order chi connectivity index (χ1) is 14.6. The van der Waals surface area contributed by atoms with E-state index in [1.807, 2.05) is 0 Å². The van der Waals surface area contributed by atoms with Crippen LogP contribution in [0.2, 0.25) is 0 Å². The number of carboxylic acid groups (broad SMARTS) is 1. The molecule has 4 N–H and O–H groups in total. The van der Waals surface area contributed by atoms with Gasteiger partial charge < -0.3 is 29.3 Å². The zero-order chi connectivity index (χ0) is 24.0. The van der Waals surface area contributed by atoms with Crippen molar-refractivity contribution in [2.45, 2.75) is 117 Å². The Morgan fingerprint density at radius 1 is 0.781 bits per heavy atom. The molecule has 0 aliphatic carbocycles.